The number of nitrogens with zero attached hydrogens (tertiary/aromatic N) is 6. The third-order valence-electron chi connectivity index (χ3n) is 5.66. The molecule has 0 amide bonds. The summed E-state index contributed by atoms with van der Waals surface area (Å²) in [6.07, 6.45) is 8.13. The van der Waals surface area contributed by atoms with Gasteiger partial charge in [-0.1, -0.05) is 11.6 Å². The van der Waals surface area contributed by atoms with Gasteiger partial charge in [-0.3, -0.25) is 4.57 Å². The van der Waals surface area contributed by atoms with Crippen LogP contribution in [0.2, 0.25) is 5.02 Å². The Morgan fingerprint density at radius 3 is 2.68 bits per heavy atom. The first-order chi connectivity index (χ1) is 13.6. The van der Waals surface area contributed by atoms with E-state index in [4.69, 9.17) is 21.3 Å². The molecule has 5 rings (SSSR count). The van der Waals surface area contributed by atoms with Gasteiger partial charge in [0.05, 0.1) is 23.3 Å². The molecule has 0 spiro atoms. The van der Waals surface area contributed by atoms with Crippen molar-refractivity contribution in [2.24, 2.45) is 0 Å². The number of rotatable bonds is 3. The molecule has 3 aromatic heterocycles. The number of aryl methyl sites for hydroxylation is 1. The summed E-state index contributed by atoms with van der Waals surface area (Å²) in [6.45, 7) is 2.04. The zero-order valence-electron chi connectivity index (χ0n) is 15.8. The van der Waals surface area contributed by atoms with Crippen LogP contribution in [-0.4, -0.2) is 42.3 Å². The fourth-order valence-corrected chi connectivity index (χ4v) is 4.39. The molecule has 28 heavy (non-hydrogen) atoms. The van der Waals surface area contributed by atoms with Crippen molar-refractivity contribution in [2.75, 3.05) is 7.11 Å². The Hall–Kier alpha value is -2.51. The van der Waals surface area contributed by atoms with Crippen molar-refractivity contribution < 1.29 is 4.74 Å². The lowest BCUT2D eigenvalue weighted by Crippen LogP contribution is -2.23. The summed E-state index contributed by atoms with van der Waals surface area (Å²) in [5.41, 5.74) is 3.43. The molecular formula is C20H21ClN6O. The molecule has 0 bridgehead atoms. The van der Waals surface area contributed by atoms with E-state index < -0.39 is 0 Å². The van der Waals surface area contributed by atoms with E-state index in [0.717, 1.165) is 53.7 Å². The highest BCUT2D eigenvalue weighted by atomic mass is 35.5. The molecule has 1 aromatic carbocycles. The average Bonchev–Trinajstić information content (AvgIpc) is 3.27. The van der Waals surface area contributed by atoms with Crippen molar-refractivity contribution in [3.63, 3.8) is 0 Å². The Balaban J connectivity index is 1.60. The van der Waals surface area contributed by atoms with Crippen LogP contribution >= 0.6 is 11.6 Å². The first-order valence-electron chi connectivity index (χ1n) is 9.51. The van der Waals surface area contributed by atoms with Crippen LogP contribution < -0.4 is 0 Å². The molecule has 0 atom stereocenters. The van der Waals surface area contributed by atoms with E-state index in [1.54, 1.807) is 19.6 Å². The maximum Gasteiger partial charge on any atom is 0.237 e. The Kier molecular flexibility index (Phi) is 4.29. The molecule has 3 heterocycles. The van der Waals surface area contributed by atoms with Gasteiger partial charge in [-0.05, 0) is 50.8 Å². The number of ether oxygens (including phenoxy) is 1. The predicted molar refractivity (Wildman–Crippen MR) is 108 cm³/mol. The van der Waals surface area contributed by atoms with Gasteiger partial charge in [-0.2, -0.15) is 4.98 Å². The van der Waals surface area contributed by atoms with Crippen molar-refractivity contribution in [2.45, 2.75) is 44.8 Å². The van der Waals surface area contributed by atoms with Gasteiger partial charge in [-0.15, -0.1) is 0 Å². The maximum atomic E-state index is 6.18. The number of imidazole rings is 2. The van der Waals surface area contributed by atoms with E-state index in [1.807, 2.05) is 29.7 Å². The second-order valence-corrected chi connectivity index (χ2v) is 7.76. The van der Waals surface area contributed by atoms with Crippen LogP contribution in [-0.2, 0) is 4.74 Å². The van der Waals surface area contributed by atoms with Crippen LogP contribution in [0.25, 0.3) is 28.1 Å². The molecule has 0 saturated heterocycles. The summed E-state index contributed by atoms with van der Waals surface area (Å²) in [7, 11) is 1.80. The largest absolute Gasteiger partial charge is 0.381 e. The predicted octanol–water partition coefficient (Wildman–Crippen LogP) is 4.26. The molecule has 0 radical (unpaired) electrons. The number of hydrogen-bond donors (Lipinski definition) is 0. The van der Waals surface area contributed by atoms with Gasteiger partial charge in [0.1, 0.15) is 17.7 Å². The first-order valence-corrected chi connectivity index (χ1v) is 9.89. The van der Waals surface area contributed by atoms with Gasteiger partial charge in [0.15, 0.2) is 5.65 Å². The minimum Gasteiger partial charge on any atom is -0.381 e. The van der Waals surface area contributed by atoms with Crippen LogP contribution in [0.15, 0.2) is 30.7 Å². The topological polar surface area (TPSA) is 70.7 Å². The smallest absolute Gasteiger partial charge is 0.237 e. The molecule has 144 valence electrons. The molecule has 8 heteroatoms. The Morgan fingerprint density at radius 2 is 1.89 bits per heavy atom. The molecule has 1 aliphatic rings. The number of aromatic nitrogens is 6. The first kappa shape index (κ1) is 17.6. The van der Waals surface area contributed by atoms with Crippen LogP contribution in [0.5, 0.6) is 0 Å². The average molecular weight is 397 g/mol. The van der Waals surface area contributed by atoms with E-state index in [1.165, 1.54) is 0 Å². The number of methoxy groups -OCH3 is 1. The van der Waals surface area contributed by atoms with Crippen molar-refractivity contribution in [1.82, 2.24) is 29.1 Å². The van der Waals surface area contributed by atoms with E-state index in [-0.39, 0.29) is 0 Å². The standard InChI is InChI=1S/C20H21ClN6O/c1-12-24-17-10-22-20(26-11-23-16-8-3-13(21)9-18(16)26)25-19(17)27(12)14-4-6-15(28-2)7-5-14/h3,8-11,14-15H,4-7H2,1-2H3. The fourth-order valence-electron chi connectivity index (χ4n) is 4.23. The molecule has 1 aliphatic carbocycles. The molecule has 1 fully saturated rings. The zero-order chi connectivity index (χ0) is 19.3. The minimum absolute atomic E-state index is 0.360. The Morgan fingerprint density at radius 1 is 1.07 bits per heavy atom. The van der Waals surface area contributed by atoms with Gasteiger partial charge >= 0.3 is 0 Å². The lowest BCUT2D eigenvalue weighted by atomic mass is 9.92. The SMILES string of the molecule is COC1CCC(n2c(C)nc3cnc(-n4cnc5ccc(Cl)cc54)nc32)CC1. The van der Waals surface area contributed by atoms with E-state index >= 15 is 0 Å². The quantitative estimate of drug-likeness (QED) is 0.517. The Bertz CT molecular complexity index is 1160. The second kappa shape index (κ2) is 6.83. The van der Waals surface area contributed by atoms with Gasteiger partial charge in [-0.25, -0.2) is 15.0 Å². The summed E-state index contributed by atoms with van der Waals surface area (Å²) in [5, 5.41) is 0.658. The summed E-state index contributed by atoms with van der Waals surface area (Å²) >= 11 is 6.18. The normalized spacial score (nSPS) is 20.2. The lowest BCUT2D eigenvalue weighted by molar-refractivity contribution is 0.0586. The van der Waals surface area contributed by atoms with Crippen LogP contribution in [0, 0.1) is 6.92 Å². The molecule has 0 aliphatic heterocycles. The van der Waals surface area contributed by atoms with Gasteiger partial charge < -0.3 is 9.30 Å². The summed E-state index contributed by atoms with van der Waals surface area (Å²) < 4.78 is 9.65. The van der Waals surface area contributed by atoms with Crippen molar-refractivity contribution in [3.8, 4) is 5.95 Å². The fraction of sp³-hybridized carbons (Fsp3) is 0.400. The van der Waals surface area contributed by atoms with Crippen molar-refractivity contribution in [3.05, 3.63) is 41.6 Å². The van der Waals surface area contributed by atoms with Crippen molar-refractivity contribution >= 4 is 33.8 Å². The highest BCUT2D eigenvalue weighted by Gasteiger charge is 2.25. The number of fused-ring (bicyclic) bond motifs is 2. The van der Waals surface area contributed by atoms with E-state index in [0.29, 0.717) is 23.1 Å². The number of halogens is 1. The minimum atomic E-state index is 0.360. The molecular weight excluding hydrogens is 376 g/mol. The highest BCUT2D eigenvalue weighted by Crippen LogP contribution is 2.33. The maximum absolute atomic E-state index is 6.18. The summed E-state index contributed by atoms with van der Waals surface area (Å²) in [5.74, 6) is 1.55. The number of hydrogen-bond acceptors (Lipinski definition) is 5. The molecule has 7 nitrogen and oxygen atoms in total. The van der Waals surface area contributed by atoms with E-state index in [9.17, 15) is 0 Å². The van der Waals surface area contributed by atoms with Gasteiger partial charge in [0, 0.05) is 18.2 Å². The Labute approximate surface area is 167 Å². The van der Waals surface area contributed by atoms with Gasteiger partial charge in [0.2, 0.25) is 5.95 Å². The van der Waals surface area contributed by atoms with Crippen LogP contribution in [0.1, 0.15) is 37.5 Å². The molecule has 1 saturated carbocycles. The van der Waals surface area contributed by atoms with Gasteiger partial charge in [0.25, 0.3) is 0 Å². The number of benzene rings is 1. The highest BCUT2D eigenvalue weighted by molar-refractivity contribution is 6.31. The van der Waals surface area contributed by atoms with Crippen LogP contribution in [0.4, 0.5) is 0 Å². The molecule has 0 unspecified atom stereocenters. The molecule has 0 N–H and O–H groups in total. The van der Waals surface area contributed by atoms with Crippen LogP contribution in [0.3, 0.4) is 0 Å². The van der Waals surface area contributed by atoms with E-state index in [2.05, 4.69) is 19.5 Å². The monoisotopic (exact) mass is 396 g/mol. The third-order valence-corrected chi connectivity index (χ3v) is 5.90. The lowest BCUT2D eigenvalue weighted by Gasteiger charge is -2.29. The second-order valence-electron chi connectivity index (χ2n) is 7.32. The van der Waals surface area contributed by atoms with Crippen molar-refractivity contribution in [1.29, 1.82) is 0 Å². The summed E-state index contributed by atoms with van der Waals surface area (Å²) in [6, 6.07) is 6.00. The third kappa shape index (κ3) is 2.86. The summed E-state index contributed by atoms with van der Waals surface area (Å²) in [4.78, 5) is 18.5. The zero-order valence-corrected chi connectivity index (χ0v) is 16.6. The molecule has 4 aromatic rings.